The van der Waals surface area contributed by atoms with Gasteiger partial charge in [-0.05, 0) is 25.0 Å². The van der Waals surface area contributed by atoms with Crippen LogP contribution in [-0.2, 0) is 9.53 Å². The van der Waals surface area contributed by atoms with Crippen LogP contribution in [0.1, 0.15) is 19.3 Å². The minimum Gasteiger partial charge on any atom is -0.495 e. The Labute approximate surface area is 139 Å². The van der Waals surface area contributed by atoms with E-state index in [-0.39, 0.29) is 12.0 Å². The monoisotopic (exact) mass is 325 g/mol. The largest absolute Gasteiger partial charge is 0.495 e. The maximum Gasteiger partial charge on any atom is 0.227 e. The molecule has 1 fully saturated rings. The molecule has 0 bridgehead atoms. The number of carbonyl (C=O) groups is 1. The van der Waals surface area contributed by atoms with Crippen molar-refractivity contribution in [3.05, 3.63) is 36.4 Å². The summed E-state index contributed by atoms with van der Waals surface area (Å²) in [6.45, 7) is 0.742. The predicted molar refractivity (Wildman–Crippen MR) is 92.5 cm³/mol. The van der Waals surface area contributed by atoms with Gasteiger partial charge in [-0.3, -0.25) is 4.79 Å². The van der Waals surface area contributed by atoms with Crippen molar-refractivity contribution in [2.24, 2.45) is 0 Å². The summed E-state index contributed by atoms with van der Waals surface area (Å²) in [4.78, 5) is 12.3. The van der Waals surface area contributed by atoms with Gasteiger partial charge < -0.3 is 19.2 Å². The molecule has 1 atom stereocenters. The van der Waals surface area contributed by atoms with Crippen LogP contribution >= 0.6 is 0 Å². The Morgan fingerprint density at radius 1 is 1.25 bits per heavy atom. The van der Waals surface area contributed by atoms with Gasteiger partial charge in [0.15, 0.2) is 0 Å². The van der Waals surface area contributed by atoms with E-state index in [0.717, 1.165) is 41.4 Å². The molecule has 0 radical (unpaired) electrons. The van der Waals surface area contributed by atoms with Gasteiger partial charge >= 0.3 is 0 Å². The van der Waals surface area contributed by atoms with Crippen molar-refractivity contribution in [1.29, 1.82) is 0 Å². The minimum absolute atomic E-state index is 0.0194. The molecule has 4 rings (SSSR count). The van der Waals surface area contributed by atoms with E-state index in [2.05, 4.69) is 5.32 Å². The number of hydrogen-bond acceptors (Lipinski definition) is 4. The van der Waals surface area contributed by atoms with Crippen LogP contribution in [-0.4, -0.2) is 25.7 Å². The van der Waals surface area contributed by atoms with Gasteiger partial charge in [-0.2, -0.15) is 0 Å². The second-order valence-electron chi connectivity index (χ2n) is 6.03. The molecule has 124 valence electrons. The number of amides is 1. The Morgan fingerprint density at radius 3 is 2.92 bits per heavy atom. The van der Waals surface area contributed by atoms with Gasteiger partial charge in [0.2, 0.25) is 5.91 Å². The standard InChI is InChI=1S/C19H19NO4/c1-22-18-10-14-13-6-2-3-7-16(13)24-17(14)11-15(18)20-19(21)9-12-5-4-8-23-12/h2-3,6-7,10-12H,4-5,8-9H2,1H3,(H,20,21). The van der Waals surface area contributed by atoms with Crippen LogP contribution in [0.25, 0.3) is 21.9 Å². The average Bonchev–Trinajstić information content (AvgIpc) is 3.20. The molecule has 3 aromatic rings. The zero-order valence-corrected chi connectivity index (χ0v) is 13.5. The van der Waals surface area contributed by atoms with Crippen molar-refractivity contribution in [3.8, 4) is 5.75 Å². The molecule has 2 heterocycles. The number of carbonyl (C=O) groups excluding carboxylic acids is 1. The summed E-state index contributed by atoms with van der Waals surface area (Å²) in [6, 6.07) is 11.6. The number of rotatable bonds is 4. The fourth-order valence-corrected chi connectivity index (χ4v) is 3.23. The highest BCUT2D eigenvalue weighted by molar-refractivity contribution is 6.07. The summed E-state index contributed by atoms with van der Waals surface area (Å²) >= 11 is 0. The predicted octanol–water partition coefficient (Wildman–Crippen LogP) is 4.10. The molecule has 0 saturated carbocycles. The third kappa shape index (κ3) is 2.71. The average molecular weight is 325 g/mol. The number of ether oxygens (including phenoxy) is 2. The maximum atomic E-state index is 12.3. The Hall–Kier alpha value is -2.53. The third-order valence-electron chi connectivity index (χ3n) is 4.41. The molecule has 1 N–H and O–H groups in total. The number of furan rings is 1. The lowest BCUT2D eigenvalue weighted by atomic mass is 10.1. The number of benzene rings is 2. The summed E-state index contributed by atoms with van der Waals surface area (Å²) < 4.78 is 16.8. The number of anilines is 1. The Bertz CT molecular complexity index is 893. The first-order chi connectivity index (χ1) is 11.7. The number of nitrogens with one attached hydrogen (secondary N) is 1. The van der Waals surface area contributed by atoms with Gasteiger partial charge in [-0.15, -0.1) is 0 Å². The summed E-state index contributed by atoms with van der Waals surface area (Å²) in [5, 5.41) is 4.92. The van der Waals surface area contributed by atoms with E-state index in [1.165, 1.54) is 0 Å². The molecule has 1 saturated heterocycles. The lowest BCUT2D eigenvalue weighted by molar-refractivity contribution is -0.118. The number of hydrogen-bond donors (Lipinski definition) is 1. The van der Waals surface area contributed by atoms with E-state index in [0.29, 0.717) is 17.9 Å². The van der Waals surface area contributed by atoms with Gasteiger partial charge in [0.05, 0.1) is 25.3 Å². The maximum absolute atomic E-state index is 12.3. The molecule has 5 heteroatoms. The molecule has 0 spiro atoms. The third-order valence-corrected chi connectivity index (χ3v) is 4.41. The van der Waals surface area contributed by atoms with E-state index in [1.807, 2.05) is 36.4 Å². The van der Waals surface area contributed by atoms with Gasteiger partial charge in [0.1, 0.15) is 16.9 Å². The Balaban J connectivity index is 1.66. The van der Waals surface area contributed by atoms with Crippen molar-refractivity contribution >= 4 is 33.5 Å². The SMILES string of the molecule is COc1cc2c(cc1NC(=O)CC1CCCO1)oc1ccccc12. The molecule has 1 aliphatic heterocycles. The highest BCUT2D eigenvalue weighted by Crippen LogP contribution is 2.36. The molecular formula is C19H19NO4. The second-order valence-corrected chi connectivity index (χ2v) is 6.03. The first kappa shape index (κ1) is 15.0. The quantitative estimate of drug-likeness (QED) is 0.784. The zero-order valence-electron chi connectivity index (χ0n) is 13.5. The van der Waals surface area contributed by atoms with Gasteiger partial charge in [0, 0.05) is 23.4 Å². The van der Waals surface area contributed by atoms with Gasteiger partial charge in [-0.1, -0.05) is 18.2 Å². The minimum atomic E-state index is -0.0735. The lowest BCUT2D eigenvalue weighted by Crippen LogP contribution is -2.19. The van der Waals surface area contributed by atoms with Crippen molar-refractivity contribution in [3.63, 3.8) is 0 Å². The fraction of sp³-hybridized carbons (Fsp3) is 0.316. The van der Waals surface area contributed by atoms with E-state index >= 15 is 0 Å². The van der Waals surface area contributed by atoms with E-state index in [4.69, 9.17) is 13.9 Å². The lowest BCUT2D eigenvalue weighted by Gasteiger charge is -2.12. The summed E-state index contributed by atoms with van der Waals surface area (Å²) in [6.07, 6.45) is 2.34. The van der Waals surface area contributed by atoms with Gasteiger partial charge in [0.25, 0.3) is 0 Å². The molecule has 2 aromatic carbocycles. The smallest absolute Gasteiger partial charge is 0.227 e. The van der Waals surface area contributed by atoms with Gasteiger partial charge in [-0.25, -0.2) is 0 Å². The summed E-state index contributed by atoms with van der Waals surface area (Å²) in [7, 11) is 1.60. The fourth-order valence-electron chi connectivity index (χ4n) is 3.23. The van der Waals surface area contributed by atoms with Crippen LogP contribution in [0, 0.1) is 0 Å². The summed E-state index contributed by atoms with van der Waals surface area (Å²) in [5.74, 6) is 0.547. The summed E-state index contributed by atoms with van der Waals surface area (Å²) in [5.41, 5.74) is 2.16. The molecule has 1 amide bonds. The van der Waals surface area contributed by atoms with E-state index in [1.54, 1.807) is 7.11 Å². The molecule has 24 heavy (non-hydrogen) atoms. The van der Waals surface area contributed by atoms with Crippen molar-refractivity contribution in [2.45, 2.75) is 25.4 Å². The first-order valence-corrected chi connectivity index (χ1v) is 8.15. The molecular weight excluding hydrogens is 306 g/mol. The van der Waals surface area contributed by atoms with Crippen molar-refractivity contribution < 1.29 is 18.7 Å². The van der Waals surface area contributed by atoms with Crippen LogP contribution in [0.3, 0.4) is 0 Å². The number of para-hydroxylation sites is 1. The zero-order chi connectivity index (χ0) is 16.5. The van der Waals surface area contributed by atoms with E-state index < -0.39 is 0 Å². The molecule has 5 nitrogen and oxygen atoms in total. The van der Waals surface area contributed by atoms with E-state index in [9.17, 15) is 4.79 Å². The second kappa shape index (κ2) is 6.17. The van der Waals surface area contributed by atoms with Crippen LogP contribution in [0.2, 0.25) is 0 Å². The molecule has 1 aromatic heterocycles. The Morgan fingerprint density at radius 2 is 2.12 bits per heavy atom. The number of fused-ring (bicyclic) bond motifs is 3. The molecule has 0 aliphatic carbocycles. The van der Waals surface area contributed by atoms with Crippen LogP contribution in [0.5, 0.6) is 5.75 Å². The van der Waals surface area contributed by atoms with Crippen LogP contribution in [0.15, 0.2) is 40.8 Å². The highest BCUT2D eigenvalue weighted by Gasteiger charge is 2.20. The van der Waals surface area contributed by atoms with Crippen LogP contribution in [0.4, 0.5) is 5.69 Å². The number of methoxy groups -OCH3 is 1. The molecule has 1 unspecified atom stereocenters. The van der Waals surface area contributed by atoms with Crippen molar-refractivity contribution in [2.75, 3.05) is 19.0 Å². The van der Waals surface area contributed by atoms with Crippen LogP contribution < -0.4 is 10.1 Å². The topological polar surface area (TPSA) is 60.7 Å². The van der Waals surface area contributed by atoms with Crippen molar-refractivity contribution in [1.82, 2.24) is 0 Å². The highest BCUT2D eigenvalue weighted by atomic mass is 16.5. The normalized spacial score (nSPS) is 17.5. The molecule has 1 aliphatic rings. The first-order valence-electron chi connectivity index (χ1n) is 8.15. The Kier molecular flexibility index (Phi) is 3.86.